The molecule has 1 aliphatic rings. The lowest BCUT2D eigenvalue weighted by Gasteiger charge is -2.20. The van der Waals surface area contributed by atoms with Crippen LogP contribution >= 0.6 is 0 Å². The number of aromatic amines is 2. The first-order chi connectivity index (χ1) is 17.6. The van der Waals surface area contributed by atoms with E-state index in [0.717, 1.165) is 25.9 Å². The highest BCUT2D eigenvalue weighted by molar-refractivity contribution is 5.93. The van der Waals surface area contributed by atoms with Gasteiger partial charge in [0.15, 0.2) is 0 Å². The Hall–Kier alpha value is -3.64. The number of hydrogen-bond donors (Lipinski definition) is 4. The molecule has 5 rings (SSSR count). The third-order valence-corrected chi connectivity index (χ3v) is 6.91. The van der Waals surface area contributed by atoms with E-state index in [1.165, 1.54) is 16.8 Å². The van der Waals surface area contributed by atoms with Crippen LogP contribution in [-0.2, 0) is 13.1 Å². The normalized spacial score (nSPS) is 16.8. The summed E-state index contributed by atoms with van der Waals surface area (Å²) in [5.74, 6) is -0.331. The molecule has 2 aromatic heterocycles. The largest absolute Gasteiger partial charge is 0.505 e. The minimum atomic E-state index is -4.39. The van der Waals surface area contributed by atoms with E-state index in [1.54, 1.807) is 18.2 Å². The fraction of sp³-hybridized carbons (Fsp3) is 0.400. The van der Waals surface area contributed by atoms with Crippen LogP contribution in [0.2, 0.25) is 0 Å². The second kappa shape index (κ2) is 9.67. The van der Waals surface area contributed by atoms with Gasteiger partial charge in [-0.05, 0) is 38.4 Å². The number of para-hydroxylation sites is 1. The van der Waals surface area contributed by atoms with Gasteiger partial charge in [-0.2, -0.15) is 13.2 Å². The zero-order chi connectivity index (χ0) is 26.3. The van der Waals surface area contributed by atoms with Crippen molar-refractivity contribution in [3.8, 4) is 17.0 Å². The minimum absolute atomic E-state index is 0.0182. The molecule has 1 fully saturated rings. The van der Waals surface area contributed by atoms with Crippen molar-refractivity contribution in [1.82, 2.24) is 30.0 Å². The van der Waals surface area contributed by atoms with Gasteiger partial charge in [-0.3, -0.25) is 24.3 Å². The van der Waals surface area contributed by atoms with Crippen LogP contribution in [0.15, 0.2) is 39.9 Å². The first-order valence-electron chi connectivity index (χ1n) is 12.1. The average Bonchev–Trinajstić information content (AvgIpc) is 3.40. The van der Waals surface area contributed by atoms with E-state index in [-0.39, 0.29) is 40.1 Å². The lowest BCUT2D eigenvalue weighted by Crippen LogP contribution is -2.32. The van der Waals surface area contributed by atoms with Crippen molar-refractivity contribution in [3.63, 3.8) is 0 Å². The van der Waals surface area contributed by atoms with Crippen molar-refractivity contribution in [2.75, 3.05) is 19.6 Å². The Labute approximate surface area is 208 Å². The molecule has 0 bridgehead atoms. The molecule has 12 heteroatoms. The molecule has 0 saturated carbocycles. The summed E-state index contributed by atoms with van der Waals surface area (Å²) in [4.78, 5) is 35.4. The monoisotopic (exact) mass is 516 g/mol. The summed E-state index contributed by atoms with van der Waals surface area (Å²) in [6.07, 6.45) is -2.12. The van der Waals surface area contributed by atoms with Crippen molar-refractivity contribution < 1.29 is 18.3 Å². The number of aromatic nitrogens is 4. The molecule has 0 unspecified atom stereocenters. The zero-order valence-electron chi connectivity index (χ0n) is 20.2. The molecule has 4 aromatic rings. The predicted octanol–water partition coefficient (Wildman–Crippen LogP) is 3.07. The highest BCUT2D eigenvalue weighted by Crippen LogP contribution is 2.29. The van der Waals surface area contributed by atoms with Crippen molar-refractivity contribution in [2.24, 2.45) is 0 Å². The molecular weight excluding hydrogens is 489 g/mol. The highest BCUT2D eigenvalue weighted by atomic mass is 19.4. The minimum Gasteiger partial charge on any atom is -0.505 e. The summed E-state index contributed by atoms with van der Waals surface area (Å²) in [7, 11) is 0. The van der Waals surface area contributed by atoms with Gasteiger partial charge in [0.1, 0.15) is 17.0 Å². The molecule has 37 heavy (non-hydrogen) atoms. The molecule has 0 amide bonds. The average molecular weight is 517 g/mol. The van der Waals surface area contributed by atoms with Gasteiger partial charge in [0.25, 0.3) is 11.1 Å². The molecule has 1 saturated heterocycles. The number of phenolic OH excluding ortho intramolecular Hbond substituents is 1. The number of nitrogens with zero attached hydrogens (tertiary/aromatic N) is 3. The molecular formula is C25H27F3N6O3. The number of hydrogen-bond acceptors (Lipinski definition) is 6. The number of rotatable bonds is 7. The Morgan fingerprint density at radius 1 is 1.19 bits per heavy atom. The van der Waals surface area contributed by atoms with E-state index >= 15 is 0 Å². The fourth-order valence-corrected chi connectivity index (χ4v) is 4.93. The molecule has 1 atom stereocenters. The van der Waals surface area contributed by atoms with Crippen molar-refractivity contribution >= 4 is 21.9 Å². The lowest BCUT2D eigenvalue weighted by molar-refractivity contribution is -0.125. The third kappa shape index (κ3) is 4.98. The molecule has 3 heterocycles. The van der Waals surface area contributed by atoms with Gasteiger partial charge in [0.05, 0.1) is 29.5 Å². The summed E-state index contributed by atoms with van der Waals surface area (Å²) < 4.78 is 39.0. The fourth-order valence-electron chi connectivity index (χ4n) is 4.93. The van der Waals surface area contributed by atoms with Crippen molar-refractivity contribution in [1.29, 1.82) is 0 Å². The highest BCUT2D eigenvalue weighted by Gasteiger charge is 2.26. The molecule has 1 aliphatic heterocycles. The standard InChI is InChI=1S/C25H27F3N6O3/c1-14-4-3-9-33(14)10-11-34-24(37)17-6-2-5-16(19(17)32-34)20-23(36)30-18-8-7-15(22(35)21(18)31-20)12-29-13-25(26,27)28/h2,5-8,14,29,32,35H,3-4,9-13H2,1H3,(H,30,36)/t14-/m1/s1. The Kier molecular flexibility index (Phi) is 6.54. The van der Waals surface area contributed by atoms with Crippen LogP contribution in [-0.4, -0.2) is 61.6 Å². The number of likely N-dealkylation sites (tertiary alicyclic amines) is 1. The molecule has 0 radical (unpaired) electrons. The number of benzene rings is 2. The second-order valence-electron chi connectivity index (χ2n) is 9.43. The topological polar surface area (TPSA) is 119 Å². The molecule has 0 aliphatic carbocycles. The van der Waals surface area contributed by atoms with Crippen LogP contribution < -0.4 is 16.4 Å². The van der Waals surface area contributed by atoms with Crippen molar-refractivity contribution in [2.45, 2.75) is 45.1 Å². The number of fused-ring (bicyclic) bond motifs is 2. The third-order valence-electron chi connectivity index (χ3n) is 6.91. The first-order valence-corrected chi connectivity index (χ1v) is 12.1. The number of phenols is 1. The SMILES string of the molecule is C[C@@H]1CCCN1CCn1[nH]c2c(-c3nc4c(O)c(CNCC(F)(F)F)ccc4[nH]c3=O)cccc2c1=O. The summed E-state index contributed by atoms with van der Waals surface area (Å²) >= 11 is 0. The van der Waals surface area contributed by atoms with Gasteiger partial charge >= 0.3 is 6.18 Å². The maximum absolute atomic E-state index is 13.0. The molecule has 9 nitrogen and oxygen atoms in total. The van der Waals surface area contributed by atoms with Crippen LogP contribution in [0.5, 0.6) is 5.75 Å². The smallest absolute Gasteiger partial charge is 0.401 e. The van der Waals surface area contributed by atoms with E-state index in [2.05, 4.69) is 32.2 Å². The van der Waals surface area contributed by atoms with Gasteiger partial charge < -0.3 is 15.4 Å². The van der Waals surface area contributed by atoms with Gasteiger partial charge in [-0.15, -0.1) is 0 Å². The van der Waals surface area contributed by atoms with E-state index < -0.39 is 18.3 Å². The van der Waals surface area contributed by atoms with E-state index in [1.807, 2.05) is 0 Å². The van der Waals surface area contributed by atoms with Gasteiger partial charge in [0, 0.05) is 30.3 Å². The van der Waals surface area contributed by atoms with E-state index in [4.69, 9.17) is 0 Å². The molecule has 4 N–H and O–H groups in total. The first kappa shape index (κ1) is 25.0. The Morgan fingerprint density at radius 2 is 2.00 bits per heavy atom. The summed E-state index contributed by atoms with van der Waals surface area (Å²) in [6, 6.07) is 8.36. The molecule has 0 spiro atoms. The maximum Gasteiger partial charge on any atom is 0.401 e. The summed E-state index contributed by atoms with van der Waals surface area (Å²) in [6.45, 7) is 2.90. The lowest BCUT2D eigenvalue weighted by atomic mass is 10.1. The number of alkyl halides is 3. The van der Waals surface area contributed by atoms with Gasteiger partial charge in [-0.25, -0.2) is 4.98 Å². The van der Waals surface area contributed by atoms with Gasteiger partial charge in [-0.1, -0.05) is 18.2 Å². The quantitative estimate of drug-likeness (QED) is 0.300. The van der Waals surface area contributed by atoms with Crippen LogP contribution in [0.1, 0.15) is 25.3 Å². The van der Waals surface area contributed by atoms with Crippen LogP contribution in [0.25, 0.3) is 33.2 Å². The van der Waals surface area contributed by atoms with Crippen LogP contribution in [0.3, 0.4) is 0 Å². The molecule has 196 valence electrons. The van der Waals surface area contributed by atoms with E-state index in [0.29, 0.717) is 29.1 Å². The number of aromatic hydroxyl groups is 1. The van der Waals surface area contributed by atoms with Crippen LogP contribution in [0, 0.1) is 0 Å². The number of halogens is 3. The Bertz CT molecular complexity index is 1570. The number of H-pyrrole nitrogens is 2. The van der Waals surface area contributed by atoms with Gasteiger partial charge in [0.2, 0.25) is 0 Å². The molecule has 2 aromatic carbocycles. The zero-order valence-corrected chi connectivity index (χ0v) is 20.2. The summed E-state index contributed by atoms with van der Waals surface area (Å²) in [5.41, 5.74) is 0.564. The Morgan fingerprint density at radius 3 is 2.73 bits per heavy atom. The summed E-state index contributed by atoms with van der Waals surface area (Å²) in [5, 5.41) is 16.5. The van der Waals surface area contributed by atoms with Crippen molar-refractivity contribution in [3.05, 3.63) is 56.6 Å². The Balaban J connectivity index is 1.51. The maximum atomic E-state index is 13.0. The predicted molar refractivity (Wildman–Crippen MR) is 134 cm³/mol. The van der Waals surface area contributed by atoms with E-state index in [9.17, 15) is 27.9 Å². The second-order valence-corrected chi connectivity index (χ2v) is 9.43. The number of nitrogens with one attached hydrogen (secondary N) is 3. The van der Waals surface area contributed by atoms with Crippen LogP contribution in [0.4, 0.5) is 13.2 Å².